The molecule has 24 heavy (non-hydrogen) atoms. The summed E-state index contributed by atoms with van der Waals surface area (Å²) in [4.78, 5) is 22.5. The standard InChI is InChI=1S/C16H18F3NO4/c1-15(2,3)24-14(23)20-8-4-5-10-9-11(16(17,18)19)6-7-12(10)13(21)22/h4-7,9H,8H2,1-3H3,(H,20,23)(H,21,22). The van der Waals surface area contributed by atoms with Gasteiger partial charge in [0.1, 0.15) is 5.60 Å². The number of amides is 1. The van der Waals surface area contributed by atoms with Crippen LogP contribution in [0.15, 0.2) is 24.3 Å². The molecule has 5 nitrogen and oxygen atoms in total. The predicted octanol–water partition coefficient (Wildman–Crippen LogP) is 3.94. The first-order chi connectivity index (χ1) is 10.9. The van der Waals surface area contributed by atoms with Gasteiger partial charge in [-0.15, -0.1) is 0 Å². The summed E-state index contributed by atoms with van der Waals surface area (Å²) in [6, 6.07) is 2.35. The molecule has 1 aromatic carbocycles. The molecule has 0 aromatic heterocycles. The van der Waals surface area contributed by atoms with E-state index in [1.165, 1.54) is 12.2 Å². The molecule has 0 spiro atoms. The molecule has 1 aromatic rings. The average molecular weight is 345 g/mol. The van der Waals surface area contributed by atoms with Crippen molar-refractivity contribution in [1.29, 1.82) is 0 Å². The van der Waals surface area contributed by atoms with Gasteiger partial charge in [-0.25, -0.2) is 9.59 Å². The van der Waals surface area contributed by atoms with Gasteiger partial charge in [0, 0.05) is 6.54 Å². The number of hydrogen-bond donors (Lipinski definition) is 2. The monoisotopic (exact) mass is 345 g/mol. The van der Waals surface area contributed by atoms with Gasteiger partial charge in [0.05, 0.1) is 11.1 Å². The Kier molecular flexibility index (Phi) is 6.00. The van der Waals surface area contributed by atoms with Crippen LogP contribution in [-0.4, -0.2) is 29.3 Å². The number of carbonyl (C=O) groups is 2. The van der Waals surface area contributed by atoms with Crippen molar-refractivity contribution in [2.45, 2.75) is 32.5 Å². The molecule has 132 valence electrons. The van der Waals surface area contributed by atoms with E-state index in [9.17, 15) is 22.8 Å². The van der Waals surface area contributed by atoms with Crippen molar-refractivity contribution >= 4 is 18.1 Å². The molecule has 0 aliphatic carbocycles. The highest BCUT2D eigenvalue weighted by Gasteiger charge is 2.31. The Bertz CT molecular complexity index is 646. The zero-order chi connectivity index (χ0) is 18.5. The van der Waals surface area contributed by atoms with Crippen molar-refractivity contribution in [3.63, 3.8) is 0 Å². The quantitative estimate of drug-likeness (QED) is 0.867. The van der Waals surface area contributed by atoms with Gasteiger partial charge >= 0.3 is 18.2 Å². The zero-order valence-corrected chi connectivity index (χ0v) is 13.4. The summed E-state index contributed by atoms with van der Waals surface area (Å²) < 4.78 is 43.1. The van der Waals surface area contributed by atoms with Crippen LogP contribution >= 0.6 is 0 Å². The number of alkyl carbamates (subject to hydrolysis) is 1. The molecule has 0 unspecified atom stereocenters. The third kappa shape index (κ3) is 6.31. The number of carbonyl (C=O) groups excluding carboxylic acids is 1. The van der Waals surface area contributed by atoms with Gasteiger partial charge in [0.2, 0.25) is 0 Å². The van der Waals surface area contributed by atoms with Crippen molar-refractivity contribution in [1.82, 2.24) is 5.32 Å². The van der Waals surface area contributed by atoms with Gasteiger partial charge in [-0.1, -0.05) is 12.2 Å². The third-order valence-corrected chi connectivity index (χ3v) is 2.67. The Morgan fingerprint density at radius 3 is 2.38 bits per heavy atom. The Balaban J connectivity index is 2.85. The van der Waals surface area contributed by atoms with Crippen molar-refractivity contribution < 1.29 is 32.6 Å². The van der Waals surface area contributed by atoms with Crippen LogP contribution in [0.4, 0.5) is 18.0 Å². The van der Waals surface area contributed by atoms with E-state index in [1.807, 2.05) is 0 Å². The fraction of sp³-hybridized carbons (Fsp3) is 0.375. The molecule has 0 atom stereocenters. The molecule has 0 radical (unpaired) electrons. The summed E-state index contributed by atoms with van der Waals surface area (Å²) in [5, 5.41) is 11.4. The summed E-state index contributed by atoms with van der Waals surface area (Å²) in [5.74, 6) is -1.34. The second-order valence-electron chi connectivity index (χ2n) is 5.89. The third-order valence-electron chi connectivity index (χ3n) is 2.67. The lowest BCUT2D eigenvalue weighted by Gasteiger charge is -2.19. The number of hydrogen-bond acceptors (Lipinski definition) is 3. The van der Waals surface area contributed by atoms with Crippen LogP contribution in [0.3, 0.4) is 0 Å². The molecular formula is C16H18F3NO4. The number of aromatic carboxylic acids is 1. The molecule has 0 bridgehead atoms. The number of nitrogens with one attached hydrogen (secondary N) is 1. The SMILES string of the molecule is CC(C)(C)OC(=O)NCC=Cc1cc(C(F)(F)F)ccc1C(=O)O. The van der Waals surface area contributed by atoms with E-state index in [1.54, 1.807) is 20.8 Å². The lowest BCUT2D eigenvalue weighted by atomic mass is 10.0. The molecule has 0 heterocycles. The molecule has 0 saturated heterocycles. The van der Waals surface area contributed by atoms with Gasteiger partial charge in [0.25, 0.3) is 0 Å². The van der Waals surface area contributed by atoms with E-state index in [-0.39, 0.29) is 17.7 Å². The number of carboxylic acids is 1. The molecule has 2 N–H and O–H groups in total. The smallest absolute Gasteiger partial charge is 0.416 e. The Morgan fingerprint density at radius 1 is 1.25 bits per heavy atom. The molecule has 0 saturated carbocycles. The van der Waals surface area contributed by atoms with Crippen molar-refractivity contribution in [2.75, 3.05) is 6.54 Å². The number of rotatable bonds is 4. The predicted molar refractivity (Wildman–Crippen MR) is 81.7 cm³/mol. The normalized spacial score (nSPS) is 12.2. The molecular weight excluding hydrogens is 327 g/mol. The van der Waals surface area contributed by atoms with Crippen LogP contribution in [0.2, 0.25) is 0 Å². The lowest BCUT2D eigenvalue weighted by molar-refractivity contribution is -0.137. The highest BCUT2D eigenvalue weighted by atomic mass is 19.4. The molecule has 1 rings (SSSR count). The molecule has 1 amide bonds. The average Bonchev–Trinajstić information content (AvgIpc) is 2.40. The first kappa shape index (κ1) is 19.5. The fourth-order valence-corrected chi connectivity index (χ4v) is 1.71. The first-order valence-corrected chi connectivity index (χ1v) is 6.98. The van der Waals surface area contributed by atoms with E-state index < -0.39 is 29.4 Å². The number of halogens is 3. The molecule has 8 heteroatoms. The van der Waals surface area contributed by atoms with E-state index >= 15 is 0 Å². The maximum absolute atomic E-state index is 12.7. The second kappa shape index (κ2) is 7.37. The summed E-state index contributed by atoms with van der Waals surface area (Å²) in [6.45, 7) is 5.03. The maximum atomic E-state index is 12.7. The Labute approximate surface area is 137 Å². The Morgan fingerprint density at radius 2 is 1.88 bits per heavy atom. The van der Waals surface area contributed by atoms with E-state index in [2.05, 4.69) is 5.32 Å². The van der Waals surface area contributed by atoms with E-state index in [0.29, 0.717) is 6.07 Å². The minimum atomic E-state index is -4.58. The van der Waals surface area contributed by atoms with Gasteiger partial charge in [-0.2, -0.15) is 13.2 Å². The number of ether oxygens (including phenoxy) is 1. The van der Waals surface area contributed by atoms with E-state index in [4.69, 9.17) is 9.84 Å². The van der Waals surface area contributed by atoms with Gasteiger partial charge in [-0.05, 0) is 44.5 Å². The number of benzene rings is 1. The molecule has 0 fully saturated rings. The highest BCUT2D eigenvalue weighted by Crippen LogP contribution is 2.31. The van der Waals surface area contributed by atoms with Crippen LogP contribution in [0, 0.1) is 0 Å². The first-order valence-electron chi connectivity index (χ1n) is 6.98. The molecule has 0 aliphatic rings. The number of carboxylic acid groups (broad SMARTS) is 1. The minimum Gasteiger partial charge on any atom is -0.478 e. The number of alkyl halides is 3. The summed E-state index contributed by atoms with van der Waals surface area (Å²) in [7, 11) is 0. The maximum Gasteiger partial charge on any atom is 0.416 e. The summed E-state index contributed by atoms with van der Waals surface area (Å²) in [6.07, 6.45) is -2.72. The van der Waals surface area contributed by atoms with Crippen LogP contribution in [0.25, 0.3) is 6.08 Å². The highest BCUT2D eigenvalue weighted by molar-refractivity contribution is 5.92. The van der Waals surface area contributed by atoms with Crippen LogP contribution in [-0.2, 0) is 10.9 Å². The second-order valence-corrected chi connectivity index (χ2v) is 5.89. The van der Waals surface area contributed by atoms with E-state index in [0.717, 1.165) is 12.1 Å². The largest absolute Gasteiger partial charge is 0.478 e. The van der Waals surface area contributed by atoms with Gasteiger partial charge in [0.15, 0.2) is 0 Å². The zero-order valence-electron chi connectivity index (χ0n) is 13.4. The van der Waals surface area contributed by atoms with Crippen molar-refractivity contribution in [3.8, 4) is 0 Å². The summed E-state index contributed by atoms with van der Waals surface area (Å²) >= 11 is 0. The van der Waals surface area contributed by atoms with Gasteiger partial charge in [-0.3, -0.25) is 0 Å². The lowest BCUT2D eigenvalue weighted by Crippen LogP contribution is -2.32. The van der Waals surface area contributed by atoms with Crippen LogP contribution in [0.1, 0.15) is 42.3 Å². The van der Waals surface area contributed by atoms with Crippen LogP contribution in [0.5, 0.6) is 0 Å². The summed E-state index contributed by atoms with van der Waals surface area (Å²) in [5.41, 5.74) is -2.00. The topological polar surface area (TPSA) is 75.6 Å². The Hall–Kier alpha value is -2.51. The minimum absolute atomic E-state index is 0.0236. The fourth-order valence-electron chi connectivity index (χ4n) is 1.71. The van der Waals surface area contributed by atoms with Gasteiger partial charge < -0.3 is 15.2 Å². The van der Waals surface area contributed by atoms with Crippen molar-refractivity contribution in [3.05, 3.63) is 41.0 Å². The molecule has 0 aliphatic heterocycles. The van der Waals surface area contributed by atoms with Crippen LogP contribution < -0.4 is 5.32 Å². The van der Waals surface area contributed by atoms with Crippen molar-refractivity contribution in [2.24, 2.45) is 0 Å².